The van der Waals surface area contributed by atoms with E-state index in [-0.39, 0.29) is 0 Å². The Morgan fingerprint density at radius 3 is 2.63 bits per heavy atom. The minimum absolute atomic E-state index is 0.672. The van der Waals surface area contributed by atoms with Crippen molar-refractivity contribution in [1.29, 1.82) is 0 Å². The third kappa shape index (κ3) is 1.83. The standard InChI is InChI=1S/C15H13N3O/c1-2-19-10-4-6-13-12(8-10)15(17)11-5-3-9(16)7-14(11)18-13/h2-8H,1,16H2,(H2,17,18). The molecule has 0 aliphatic carbocycles. The summed E-state index contributed by atoms with van der Waals surface area (Å²) in [4.78, 5) is 4.56. The van der Waals surface area contributed by atoms with Crippen molar-refractivity contribution in [1.82, 2.24) is 4.98 Å². The van der Waals surface area contributed by atoms with Gasteiger partial charge in [-0.3, -0.25) is 0 Å². The molecule has 94 valence electrons. The van der Waals surface area contributed by atoms with Crippen LogP contribution in [0.2, 0.25) is 0 Å². The van der Waals surface area contributed by atoms with Crippen LogP contribution in [0.5, 0.6) is 5.75 Å². The highest BCUT2D eigenvalue weighted by atomic mass is 16.5. The molecule has 0 atom stereocenters. The fourth-order valence-electron chi connectivity index (χ4n) is 2.14. The average molecular weight is 251 g/mol. The lowest BCUT2D eigenvalue weighted by Gasteiger charge is -2.08. The predicted octanol–water partition coefficient (Wildman–Crippen LogP) is 3.07. The number of pyridine rings is 1. The molecular formula is C15H13N3O. The normalized spacial score (nSPS) is 10.7. The Bertz CT molecular complexity index is 796. The topological polar surface area (TPSA) is 74.2 Å². The molecule has 3 aromatic rings. The number of hydrogen-bond acceptors (Lipinski definition) is 4. The first-order valence-corrected chi connectivity index (χ1v) is 5.85. The number of fused-ring (bicyclic) bond motifs is 2. The van der Waals surface area contributed by atoms with Crippen LogP contribution in [0.15, 0.2) is 49.2 Å². The Balaban J connectivity index is 2.36. The molecule has 2 aromatic carbocycles. The smallest absolute Gasteiger partial charge is 0.127 e. The SMILES string of the molecule is C=COc1ccc2nc3cc(N)ccc3c(N)c2c1. The van der Waals surface area contributed by atoms with Gasteiger partial charge in [-0.1, -0.05) is 6.58 Å². The molecule has 1 aromatic heterocycles. The Labute approximate surface area is 110 Å². The van der Waals surface area contributed by atoms with Gasteiger partial charge in [0.15, 0.2) is 0 Å². The van der Waals surface area contributed by atoms with Crippen molar-refractivity contribution < 1.29 is 4.74 Å². The van der Waals surface area contributed by atoms with E-state index in [0.29, 0.717) is 17.1 Å². The molecule has 4 nitrogen and oxygen atoms in total. The lowest BCUT2D eigenvalue weighted by molar-refractivity contribution is 0.484. The number of nitrogen functional groups attached to an aromatic ring is 2. The van der Waals surface area contributed by atoms with Gasteiger partial charge in [0, 0.05) is 16.5 Å². The molecule has 0 unspecified atom stereocenters. The van der Waals surface area contributed by atoms with Gasteiger partial charge < -0.3 is 16.2 Å². The first-order valence-electron chi connectivity index (χ1n) is 5.85. The number of nitrogens with two attached hydrogens (primary N) is 2. The predicted molar refractivity (Wildman–Crippen MR) is 78.9 cm³/mol. The third-order valence-electron chi connectivity index (χ3n) is 3.03. The van der Waals surface area contributed by atoms with Gasteiger partial charge in [0.25, 0.3) is 0 Å². The van der Waals surface area contributed by atoms with Crippen LogP contribution in [0.25, 0.3) is 21.8 Å². The highest BCUT2D eigenvalue weighted by molar-refractivity contribution is 6.07. The van der Waals surface area contributed by atoms with E-state index < -0.39 is 0 Å². The van der Waals surface area contributed by atoms with Crippen LogP contribution in [0.3, 0.4) is 0 Å². The van der Waals surface area contributed by atoms with Crippen LogP contribution in [0, 0.1) is 0 Å². The molecule has 0 bridgehead atoms. The Kier molecular flexibility index (Phi) is 2.49. The summed E-state index contributed by atoms with van der Waals surface area (Å²) in [5.74, 6) is 0.686. The Morgan fingerprint density at radius 2 is 1.84 bits per heavy atom. The molecule has 0 spiro atoms. The van der Waals surface area contributed by atoms with Crippen LogP contribution < -0.4 is 16.2 Å². The third-order valence-corrected chi connectivity index (χ3v) is 3.03. The lowest BCUT2D eigenvalue weighted by atomic mass is 10.1. The van der Waals surface area contributed by atoms with E-state index in [2.05, 4.69) is 11.6 Å². The van der Waals surface area contributed by atoms with Gasteiger partial charge in [-0.05, 0) is 36.4 Å². The zero-order valence-electron chi connectivity index (χ0n) is 10.3. The van der Waals surface area contributed by atoms with Gasteiger partial charge in [-0.15, -0.1) is 0 Å². The maximum atomic E-state index is 6.21. The highest BCUT2D eigenvalue weighted by Gasteiger charge is 2.07. The molecule has 3 rings (SSSR count). The van der Waals surface area contributed by atoms with Gasteiger partial charge >= 0.3 is 0 Å². The lowest BCUT2D eigenvalue weighted by Crippen LogP contribution is -1.94. The molecule has 0 aliphatic heterocycles. The number of rotatable bonds is 2. The van der Waals surface area contributed by atoms with Crippen molar-refractivity contribution in [3.63, 3.8) is 0 Å². The van der Waals surface area contributed by atoms with E-state index in [1.54, 1.807) is 0 Å². The second-order valence-electron chi connectivity index (χ2n) is 4.27. The van der Waals surface area contributed by atoms with E-state index in [9.17, 15) is 0 Å². The first-order chi connectivity index (χ1) is 9.19. The van der Waals surface area contributed by atoms with E-state index >= 15 is 0 Å². The second-order valence-corrected chi connectivity index (χ2v) is 4.27. The number of anilines is 2. The molecule has 4 N–H and O–H groups in total. The molecule has 0 fully saturated rings. The van der Waals surface area contributed by atoms with Gasteiger partial charge in [0.05, 0.1) is 23.0 Å². The fourth-order valence-corrected chi connectivity index (χ4v) is 2.14. The van der Waals surface area contributed by atoms with Crippen LogP contribution in [0.1, 0.15) is 0 Å². The molecule has 0 aliphatic rings. The maximum Gasteiger partial charge on any atom is 0.127 e. The summed E-state index contributed by atoms with van der Waals surface area (Å²) in [6, 6.07) is 11.1. The molecule has 1 heterocycles. The number of nitrogens with zero attached hydrogens (tertiary/aromatic N) is 1. The Morgan fingerprint density at radius 1 is 1.00 bits per heavy atom. The van der Waals surface area contributed by atoms with Crippen LogP contribution in [-0.2, 0) is 0 Å². The van der Waals surface area contributed by atoms with E-state index in [1.165, 1.54) is 6.26 Å². The monoisotopic (exact) mass is 251 g/mol. The molecule has 0 saturated carbocycles. The van der Waals surface area contributed by atoms with Crippen LogP contribution in [-0.4, -0.2) is 4.98 Å². The summed E-state index contributed by atoms with van der Waals surface area (Å²) in [5.41, 5.74) is 14.9. The number of aromatic nitrogens is 1. The minimum Gasteiger partial charge on any atom is -0.466 e. The molecule has 0 amide bonds. The largest absolute Gasteiger partial charge is 0.466 e. The van der Waals surface area contributed by atoms with Crippen molar-refractivity contribution in [2.75, 3.05) is 11.5 Å². The first kappa shape index (κ1) is 11.3. The van der Waals surface area contributed by atoms with Gasteiger partial charge in [0.1, 0.15) is 5.75 Å². The zero-order chi connectivity index (χ0) is 13.4. The number of benzene rings is 2. The minimum atomic E-state index is 0.672. The molecular weight excluding hydrogens is 238 g/mol. The van der Waals surface area contributed by atoms with Crippen molar-refractivity contribution in [2.24, 2.45) is 0 Å². The molecule has 0 saturated heterocycles. The van der Waals surface area contributed by atoms with E-state index in [4.69, 9.17) is 16.2 Å². The summed E-state index contributed by atoms with van der Waals surface area (Å²) < 4.78 is 5.26. The summed E-state index contributed by atoms with van der Waals surface area (Å²) in [6.45, 7) is 3.54. The second kappa shape index (κ2) is 4.17. The molecule has 0 radical (unpaired) electrons. The zero-order valence-corrected chi connectivity index (χ0v) is 10.3. The molecule has 19 heavy (non-hydrogen) atoms. The van der Waals surface area contributed by atoms with E-state index in [1.807, 2.05) is 36.4 Å². The quantitative estimate of drug-likeness (QED) is 0.417. The van der Waals surface area contributed by atoms with Crippen LogP contribution >= 0.6 is 0 Å². The number of ether oxygens (including phenoxy) is 1. The summed E-state index contributed by atoms with van der Waals surface area (Å²) in [7, 11) is 0. The van der Waals surface area contributed by atoms with Crippen molar-refractivity contribution in [2.45, 2.75) is 0 Å². The average Bonchev–Trinajstić information content (AvgIpc) is 2.40. The van der Waals surface area contributed by atoms with Crippen molar-refractivity contribution in [3.05, 3.63) is 49.2 Å². The summed E-state index contributed by atoms with van der Waals surface area (Å²) >= 11 is 0. The number of hydrogen-bond donors (Lipinski definition) is 2. The van der Waals surface area contributed by atoms with E-state index in [0.717, 1.165) is 21.8 Å². The highest BCUT2D eigenvalue weighted by Crippen LogP contribution is 2.31. The van der Waals surface area contributed by atoms with Crippen molar-refractivity contribution >= 4 is 33.2 Å². The fraction of sp³-hybridized carbons (Fsp3) is 0. The van der Waals surface area contributed by atoms with Gasteiger partial charge in [0.2, 0.25) is 0 Å². The summed E-state index contributed by atoms with van der Waals surface area (Å²) in [5, 5.41) is 1.74. The van der Waals surface area contributed by atoms with Gasteiger partial charge in [-0.2, -0.15) is 0 Å². The molecule has 4 heteroatoms. The van der Waals surface area contributed by atoms with Crippen LogP contribution in [0.4, 0.5) is 11.4 Å². The maximum absolute atomic E-state index is 6.21. The van der Waals surface area contributed by atoms with Gasteiger partial charge in [-0.25, -0.2) is 4.98 Å². The van der Waals surface area contributed by atoms with Crippen molar-refractivity contribution in [3.8, 4) is 5.75 Å². The Hall–Kier alpha value is -2.75. The summed E-state index contributed by atoms with van der Waals surface area (Å²) in [6.07, 6.45) is 1.38.